The van der Waals surface area contributed by atoms with Gasteiger partial charge in [-0.25, -0.2) is 4.79 Å². The molecule has 0 saturated heterocycles. The molecule has 28 heavy (non-hydrogen) atoms. The number of ketones is 1. The predicted octanol–water partition coefficient (Wildman–Crippen LogP) is 4.90. The van der Waals surface area contributed by atoms with E-state index in [0.717, 1.165) is 29.5 Å². The van der Waals surface area contributed by atoms with Crippen LogP contribution in [0.15, 0.2) is 12.1 Å². The third-order valence-electron chi connectivity index (χ3n) is 5.41. The summed E-state index contributed by atoms with van der Waals surface area (Å²) in [6.07, 6.45) is 4.63. The number of nitrogens with two attached hydrogens (primary N) is 1. The number of carbonyl (C=O) groups excluding carboxylic acids is 2. The van der Waals surface area contributed by atoms with Crippen molar-refractivity contribution in [3.05, 3.63) is 33.3 Å². The van der Waals surface area contributed by atoms with Gasteiger partial charge in [0.1, 0.15) is 10.8 Å². The molecule has 0 fully saturated rings. The van der Waals surface area contributed by atoms with Crippen LogP contribution in [-0.2, 0) is 14.3 Å². The molecule has 0 aliphatic heterocycles. The summed E-state index contributed by atoms with van der Waals surface area (Å²) in [7, 11) is 0. The van der Waals surface area contributed by atoms with Gasteiger partial charge in [-0.1, -0.05) is 36.5 Å². The van der Waals surface area contributed by atoms with E-state index in [1.165, 1.54) is 0 Å². The fourth-order valence-electron chi connectivity index (χ4n) is 4.25. The molecule has 0 heterocycles. The van der Waals surface area contributed by atoms with Crippen LogP contribution in [0.4, 0.5) is 0 Å². The van der Waals surface area contributed by atoms with E-state index in [2.05, 4.69) is 6.92 Å². The molecule has 0 aromatic heterocycles. The minimum atomic E-state index is -0.487. The Kier molecular flexibility index (Phi) is 7.43. The van der Waals surface area contributed by atoms with Gasteiger partial charge >= 0.3 is 5.97 Å². The van der Waals surface area contributed by atoms with Gasteiger partial charge in [0.15, 0.2) is 12.4 Å². The summed E-state index contributed by atoms with van der Waals surface area (Å²) < 4.78 is 10.4. The zero-order chi connectivity index (χ0) is 19.8. The van der Waals surface area contributed by atoms with Crippen LogP contribution in [-0.4, -0.2) is 25.0 Å². The number of halogens is 3. The molecule has 0 saturated carbocycles. The highest BCUT2D eigenvalue weighted by Gasteiger charge is 2.50. The lowest BCUT2D eigenvalue weighted by molar-refractivity contribution is -0.145. The van der Waals surface area contributed by atoms with E-state index >= 15 is 0 Å². The number of ether oxygens (including phenoxy) is 2. The molecule has 1 unspecified atom stereocenters. The number of benzene rings is 1. The van der Waals surface area contributed by atoms with Crippen molar-refractivity contribution in [1.82, 2.24) is 0 Å². The summed E-state index contributed by atoms with van der Waals surface area (Å²) in [6.45, 7) is 3.83. The summed E-state index contributed by atoms with van der Waals surface area (Å²) in [4.78, 5) is 23.7. The second kappa shape index (κ2) is 9.04. The Morgan fingerprint density at radius 3 is 2.68 bits per heavy atom. The van der Waals surface area contributed by atoms with Crippen molar-refractivity contribution in [3.8, 4) is 5.75 Å². The average molecular weight is 449 g/mol. The summed E-state index contributed by atoms with van der Waals surface area (Å²) in [5.74, 6) is -0.119. The fraction of sp³-hybridized carbons (Fsp3) is 0.500. The summed E-state index contributed by atoms with van der Waals surface area (Å²) in [6, 6.07) is 1.43. The van der Waals surface area contributed by atoms with E-state index in [-0.39, 0.29) is 47.9 Å². The second-order valence-electron chi connectivity index (χ2n) is 6.97. The Morgan fingerprint density at radius 1 is 1.32 bits per heavy atom. The van der Waals surface area contributed by atoms with Crippen LogP contribution in [0.5, 0.6) is 5.75 Å². The minimum absolute atomic E-state index is 0. The minimum Gasteiger partial charge on any atom is -0.480 e. The zero-order valence-corrected chi connectivity index (χ0v) is 18.2. The Labute approximate surface area is 180 Å². The first-order valence-corrected chi connectivity index (χ1v) is 9.92. The van der Waals surface area contributed by atoms with E-state index in [0.29, 0.717) is 23.6 Å². The van der Waals surface area contributed by atoms with Crippen molar-refractivity contribution >= 4 is 52.9 Å². The molecule has 8 heteroatoms. The number of carbonyl (C=O) groups is 2. The van der Waals surface area contributed by atoms with Crippen LogP contribution in [0, 0.1) is 5.41 Å². The van der Waals surface area contributed by atoms with Crippen LogP contribution >= 0.6 is 35.6 Å². The van der Waals surface area contributed by atoms with Crippen molar-refractivity contribution in [2.24, 2.45) is 11.1 Å². The lowest BCUT2D eigenvalue weighted by Gasteiger charge is -2.37. The maximum atomic E-state index is 12.1. The van der Waals surface area contributed by atoms with E-state index in [1.54, 1.807) is 19.1 Å². The normalized spacial score (nSPS) is 22.7. The van der Waals surface area contributed by atoms with Gasteiger partial charge < -0.3 is 15.2 Å². The average Bonchev–Trinajstić information content (AvgIpc) is 2.86. The third kappa shape index (κ3) is 3.78. The van der Waals surface area contributed by atoms with Crippen LogP contribution in [0.3, 0.4) is 0 Å². The standard InChI is InChI=1S/C20H23Cl2NO4.ClH/c1-3-6-20-7-5-11(24)8-13(20)16-12(19(20)23)9-14(17(21)18(16)22)27-10-15(25)26-4-2;/h8-9,19H,3-7,10,23H2,1-2H3;1H/t19?,20-;/m1./s1. The van der Waals surface area contributed by atoms with Crippen molar-refractivity contribution in [1.29, 1.82) is 0 Å². The summed E-state index contributed by atoms with van der Waals surface area (Å²) in [5, 5.41) is 0.514. The Balaban J connectivity index is 0.00000280. The van der Waals surface area contributed by atoms with Crippen LogP contribution in [0.1, 0.15) is 56.7 Å². The Hall–Kier alpha value is -1.27. The molecule has 2 aliphatic carbocycles. The van der Waals surface area contributed by atoms with Gasteiger partial charge in [0.2, 0.25) is 0 Å². The highest BCUT2D eigenvalue weighted by molar-refractivity contribution is 6.44. The highest BCUT2D eigenvalue weighted by atomic mass is 35.5. The smallest absolute Gasteiger partial charge is 0.344 e. The van der Waals surface area contributed by atoms with Gasteiger partial charge in [-0.15, -0.1) is 12.4 Å². The molecule has 3 rings (SSSR count). The molecule has 1 aromatic rings. The Bertz CT molecular complexity index is 824. The van der Waals surface area contributed by atoms with Gasteiger partial charge in [-0.05, 0) is 43.0 Å². The quantitative estimate of drug-likeness (QED) is 0.626. The second-order valence-corrected chi connectivity index (χ2v) is 7.72. The molecule has 0 amide bonds. The molecule has 0 bridgehead atoms. The van der Waals surface area contributed by atoms with E-state index in [9.17, 15) is 9.59 Å². The summed E-state index contributed by atoms with van der Waals surface area (Å²) in [5.41, 5.74) is 8.76. The van der Waals surface area contributed by atoms with Gasteiger partial charge in [0.25, 0.3) is 0 Å². The van der Waals surface area contributed by atoms with Gasteiger partial charge in [-0.2, -0.15) is 0 Å². The van der Waals surface area contributed by atoms with Gasteiger partial charge in [-0.3, -0.25) is 4.79 Å². The van der Waals surface area contributed by atoms with Gasteiger partial charge in [0, 0.05) is 23.4 Å². The zero-order valence-electron chi connectivity index (χ0n) is 15.8. The topological polar surface area (TPSA) is 78.6 Å². The number of hydrogen-bond donors (Lipinski definition) is 1. The molecule has 2 aliphatic rings. The molecular weight excluding hydrogens is 425 g/mol. The van der Waals surface area contributed by atoms with Crippen molar-refractivity contribution < 1.29 is 19.1 Å². The van der Waals surface area contributed by atoms with Crippen molar-refractivity contribution in [2.75, 3.05) is 13.2 Å². The molecule has 0 radical (unpaired) electrons. The molecular formula is C20H24Cl3NO4. The molecule has 154 valence electrons. The molecule has 2 atom stereocenters. The Morgan fingerprint density at radius 2 is 2.04 bits per heavy atom. The number of esters is 1. The van der Waals surface area contributed by atoms with Crippen LogP contribution < -0.4 is 10.5 Å². The molecule has 0 spiro atoms. The number of allylic oxidation sites excluding steroid dienone is 1. The third-order valence-corrected chi connectivity index (χ3v) is 6.26. The molecule has 5 nitrogen and oxygen atoms in total. The first-order valence-electron chi connectivity index (χ1n) is 9.17. The maximum absolute atomic E-state index is 12.1. The van der Waals surface area contributed by atoms with Crippen molar-refractivity contribution in [2.45, 2.75) is 45.6 Å². The van der Waals surface area contributed by atoms with E-state index in [1.807, 2.05) is 0 Å². The first kappa shape index (κ1) is 23.0. The SMILES string of the molecule is CCC[C@@]12CCC(=O)C=C1c1c(cc(OCC(=O)OCC)c(Cl)c1Cl)C2N.Cl. The fourth-order valence-corrected chi connectivity index (χ4v) is 4.75. The van der Waals surface area contributed by atoms with Crippen molar-refractivity contribution in [3.63, 3.8) is 0 Å². The highest BCUT2D eigenvalue weighted by Crippen LogP contribution is 2.62. The predicted molar refractivity (Wildman–Crippen MR) is 112 cm³/mol. The van der Waals surface area contributed by atoms with Crippen LogP contribution in [0.2, 0.25) is 10.0 Å². The summed E-state index contributed by atoms with van der Waals surface area (Å²) >= 11 is 13.0. The molecule has 2 N–H and O–H groups in total. The monoisotopic (exact) mass is 447 g/mol. The number of hydrogen-bond acceptors (Lipinski definition) is 5. The largest absolute Gasteiger partial charge is 0.480 e. The van der Waals surface area contributed by atoms with Gasteiger partial charge in [0.05, 0.1) is 11.6 Å². The molecule has 1 aromatic carbocycles. The number of rotatable bonds is 6. The number of fused-ring (bicyclic) bond motifs is 3. The maximum Gasteiger partial charge on any atom is 0.344 e. The lowest BCUT2D eigenvalue weighted by Crippen LogP contribution is -2.33. The first-order chi connectivity index (χ1) is 12.9. The van der Waals surface area contributed by atoms with E-state index in [4.69, 9.17) is 38.4 Å². The van der Waals surface area contributed by atoms with E-state index < -0.39 is 5.97 Å². The lowest BCUT2D eigenvalue weighted by atomic mass is 9.68. The van der Waals surface area contributed by atoms with Crippen LogP contribution in [0.25, 0.3) is 5.57 Å².